The maximum absolute atomic E-state index is 12.2. The molecule has 3 rings (SSSR count). The van der Waals surface area contributed by atoms with E-state index in [1.165, 1.54) is 0 Å². The third-order valence-corrected chi connectivity index (χ3v) is 3.60. The second-order valence-electron chi connectivity index (χ2n) is 5.13. The van der Waals surface area contributed by atoms with E-state index < -0.39 is 0 Å². The summed E-state index contributed by atoms with van der Waals surface area (Å²) in [5.74, 6) is 0.240. The number of rotatable bonds is 4. The zero-order valence-electron chi connectivity index (χ0n) is 11.3. The Morgan fingerprint density at radius 3 is 3.10 bits per heavy atom. The molecule has 0 spiro atoms. The molecule has 1 N–H and O–H groups in total. The molecule has 4 nitrogen and oxygen atoms in total. The molecule has 1 saturated heterocycles. The molecular weight excluding hydrogens is 252 g/mol. The van der Waals surface area contributed by atoms with Gasteiger partial charge in [-0.2, -0.15) is 0 Å². The summed E-state index contributed by atoms with van der Waals surface area (Å²) in [7, 11) is 0. The van der Waals surface area contributed by atoms with E-state index in [1.54, 1.807) is 6.20 Å². The lowest BCUT2D eigenvalue weighted by atomic mass is 10.0. The lowest BCUT2D eigenvalue weighted by Crippen LogP contribution is -2.42. The minimum Gasteiger partial charge on any atom is -0.379 e. The summed E-state index contributed by atoms with van der Waals surface area (Å²) < 4.78 is 5.38. The predicted octanol–water partition coefficient (Wildman–Crippen LogP) is 1.72. The van der Waals surface area contributed by atoms with Crippen LogP contribution in [0.2, 0.25) is 0 Å². The van der Waals surface area contributed by atoms with Gasteiger partial charge in [-0.3, -0.25) is 9.78 Å². The van der Waals surface area contributed by atoms with Crippen molar-refractivity contribution in [2.75, 3.05) is 19.8 Å². The number of benzene rings is 1. The average molecular weight is 270 g/mol. The van der Waals surface area contributed by atoms with Crippen LogP contribution in [-0.2, 0) is 16.0 Å². The number of morpholine rings is 1. The van der Waals surface area contributed by atoms with Crippen molar-refractivity contribution in [3.8, 4) is 0 Å². The number of ketones is 1. The molecule has 104 valence electrons. The molecule has 1 aromatic carbocycles. The van der Waals surface area contributed by atoms with Crippen LogP contribution in [-0.4, -0.2) is 36.6 Å². The highest BCUT2D eigenvalue weighted by Crippen LogP contribution is 2.17. The first-order valence-electron chi connectivity index (χ1n) is 6.98. The van der Waals surface area contributed by atoms with Gasteiger partial charge in [0.05, 0.1) is 18.7 Å². The summed E-state index contributed by atoms with van der Waals surface area (Å²) in [5.41, 5.74) is 1.99. The predicted molar refractivity (Wildman–Crippen MR) is 77.7 cm³/mol. The molecule has 0 aliphatic carbocycles. The molecule has 1 aliphatic rings. The number of carbonyl (C=O) groups excluding carboxylic acids is 1. The Morgan fingerprint density at radius 2 is 2.25 bits per heavy atom. The van der Waals surface area contributed by atoms with Gasteiger partial charge in [0, 0.05) is 37.0 Å². The third-order valence-electron chi connectivity index (χ3n) is 3.60. The normalized spacial score (nSPS) is 19.1. The summed E-state index contributed by atoms with van der Waals surface area (Å²) >= 11 is 0. The van der Waals surface area contributed by atoms with Gasteiger partial charge >= 0.3 is 0 Å². The van der Waals surface area contributed by atoms with Crippen LogP contribution in [0.4, 0.5) is 0 Å². The Morgan fingerprint density at radius 1 is 1.35 bits per heavy atom. The fraction of sp³-hybridized carbons (Fsp3) is 0.375. The van der Waals surface area contributed by atoms with E-state index in [0.717, 1.165) is 29.6 Å². The van der Waals surface area contributed by atoms with Crippen molar-refractivity contribution in [2.24, 2.45) is 0 Å². The molecule has 2 aromatic rings. The van der Waals surface area contributed by atoms with E-state index in [4.69, 9.17) is 4.74 Å². The molecule has 1 unspecified atom stereocenters. The van der Waals surface area contributed by atoms with Gasteiger partial charge in [-0.05, 0) is 17.7 Å². The smallest absolute Gasteiger partial charge is 0.138 e. The summed E-state index contributed by atoms with van der Waals surface area (Å²) in [6, 6.07) is 10.0. The first kappa shape index (κ1) is 13.2. The van der Waals surface area contributed by atoms with E-state index in [0.29, 0.717) is 19.4 Å². The lowest BCUT2D eigenvalue weighted by Gasteiger charge is -2.23. The van der Waals surface area contributed by atoms with Crippen LogP contribution >= 0.6 is 0 Å². The van der Waals surface area contributed by atoms with Crippen LogP contribution in [0, 0.1) is 0 Å². The van der Waals surface area contributed by atoms with Gasteiger partial charge in [0.15, 0.2) is 0 Å². The van der Waals surface area contributed by atoms with Crippen molar-refractivity contribution >= 4 is 16.7 Å². The van der Waals surface area contributed by atoms with Gasteiger partial charge in [0.2, 0.25) is 0 Å². The number of nitrogens with one attached hydrogen (secondary N) is 1. The highest BCUT2D eigenvalue weighted by Gasteiger charge is 2.17. The van der Waals surface area contributed by atoms with Gasteiger partial charge in [-0.15, -0.1) is 0 Å². The molecule has 1 atom stereocenters. The molecule has 1 aromatic heterocycles. The van der Waals surface area contributed by atoms with Crippen molar-refractivity contribution in [1.82, 2.24) is 10.3 Å². The molecule has 1 aliphatic heterocycles. The van der Waals surface area contributed by atoms with Crippen LogP contribution in [0.1, 0.15) is 12.0 Å². The molecular formula is C16H18N2O2. The Balaban J connectivity index is 1.71. The van der Waals surface area contributed by atoms with Gasteiger partial charge in [-0.25, -0.2) is 0 Å². The molecule has 2 heterocycles. The SMILES string of the molecule is O=C(Cc1ccnc2ccccc12)CC1COCCN1. The minimum atomic E-state index is 0.157. The number of ether oxygens (including phenoxy) is 1. The quantitative estimate of drug-likeness (QED) is 0.919. The van der Waals surface area contributed by atoms with Crippen LogP contribution in [0.25, 0.3) is 10.9 Å². The van der Waals surface area contributed by atoms with Crippen LogP contribution < -0.4 is 5.32 Å². The summed E-state index contributed by atoms with van der Waals surface area (Å²) in [6.07, 6.45) is 2.75. The maximum Gasteiger partial charge on any atom is 0.138 e. The van der Waals surface area contributed by atoms with Crippen molar-refractivity contribution < 1.29 is 9.53 Å². The van der Waals surface area contributed by atoms with Crippen molar-refractivity contribution in [3.63, 3.8) is 0 Å². The fourth-order valence-electron chi connectivity index (χ4n) is 2.62. The third kappa shape index (κ3) is 3.03. The second-order valence-corrected chi connectivity index (χ2v) is 5.13. The molecule has 20 heavy (non-hydrogen) atoms. The number of carbonyl (C=O) groups is 1. The van der Waals surface area contributed by atoms with Crippen LogP contribution in [0.5, 0.6) is 0 Å². The second kappa shape index (κ2) is 6.11. The van der Waals surface area contributed by atoms with E-state index in [-0.39, 0.29) is 11.8 Å². The van der Waals surface area contributed by atoms with Crippen molar-refractivity contribution in [1.29, 1.82) is 0 Å². The highest BCUT2D eigenvalue weighted by atomic mass is 16.5. The van der Waals surface area contributed by atoms with Crippen LogP contribution in [0.3, 0.4) is 0 Å². The first-order valence-corrected chi connectivity index (χ1v) is 6.98. The fourth-order valence-corrected chi connectivity index (χ4v) is 2.62. The zero-order chi connectivity index (χ0) is 13.8. The Labute approximate surface area is 118 Å². The average Bonchev–Trinajstić information content (AvgIpc) is 2.48. The molecule has 4 heteroatoms. The Bertz CT molecular complexity index is 601. The number of nitrogens with zero attached hydrogens (tertiary/aromatic N) is 1. The van der Waals surface area contributed by atoms with Gasteiger partial charge in [-0.1, -0.05) is 18.2 Å². The summed E-state index contributed by atoms with van der Waals surface area (Å²) in [5, 5.41) is 4.38. The molecule has 1 fully saturated rings. The van der Waals surface area contributed by atoms with Crippen molar-refractivity contribution in [2.45, 2.75) is 18.9 Å². The molecule has 0 bridgehead atoms. The molecule has 0 saturated carbocycles. The number of pyridine rings is 1. The number of aromatic nitrogens is 1. The molecule has 0 amide bonds. The molecule has 0 radical (unpaired) electrons. The largest absolute Gasteiger partial charge is 0.379 e. The van der Waals surface area contributed by atoms with Crippen LogP contribution in [0.15, 0.2) is 36.5 Å². The van der Waals surface area contributed by atoms with Gasteiger partial charge in [0.25, 0.3) is 0 Å². The first-order chi connectivity index (χ1) is 9.83. The van der Waals surface area contributed by atoms with E-state index >= 15 is 0 Å². The number of hydrogen-bond acceptors (Lipinski definition) is 4. The summed E-state index contributed by atoms with van der Waals surface area (Å²) in [4.78, 5) is 16.5. The van der Waals surface area contributed by atoms with E-state index in [9.17, 15) is 4.79 Å². The lowest BCUT2D eigenvalue weighted by molar-refractivity contribution is -0.119. The van der Waals surface area contributed by atoms with Gasteiger partial charge < -0.3 is 10.1 Å². The Hall–Kier alpha value is -1.78. The number of Topliss-reactive ketones (excluding diaryl/α,β-unsaturated/α-hetero) is 1. The number of fused-ring (bicyclic) bond motifs is 1. The zero-order valence-corrected chi connectivity index (χ0v) is 11.3. The number of para-hydroxylation sites is 1. The standard InChI is InChI=1S/C16H18N2O2/c19-14(10-13-11-20-8-7-17-13)9-12-5-6-18-16-4-2-1-3-15(12)16/h1-6,13,17H,7-11H2. The van der Waals surface area contributed by atoms with Gasteiger partial charge in [0.1, 0.15) is 5.78 Å². The van der Waals surface area contributed by atoms with E-state index in [1.807, 2.05) is 30.3 Å². The Kier molecular flexibility index (Phi) is 4.04. The topological polar surface area (TPSA) is 51.2 Å². The highest BCUT2D eigenvalue weighted by molar-refractivity contribution is 5.89. The maximum atomic E-state index is 12.2. The minimum absolute atomic E-state index is 0.157. The van der Waals surface area contributed by atoms with E-state index in [2.05, 4.69) is 10.3 Å². The monoisotopic (exact) mass is 270 g/mol. The van der Waals surface area contributed by atoms with Crippen molar-refractivity contribution in [3.05, 3.63) is 42.1 Å². The number of hydrogen-bond donors (Lipinski definition) is 1. The summed E-state index contributed by atoms with van der Waals surface area (Å²) in [6.45, 7) is 2.19.